The summed E-state index contributed by atoms with van der Waals surface area (Å²) in [6.07, 6.45) is 2.63. The Bertz CT molecular complexity index is 1070. The number of hydrogen-bond acceptors (Lipinski definition) is 6. The predicted octanol–water partition coefficient (Wildman–Crippen LogP) is 2.86. The summed E-state index contributed by atoms with van der Waals surface area (Å²) in [5, 5.41) is 4.78. The smallest absolute Gasteiger partial charge is 0.277 e. The normalized spacial score (nSPS) is 14.9. The second-order valence-corrected chi connectivity index (χ2v) is 7.83. The van der Waals surface area contributed by atoms with Crippen LogP contribution in [0.1, 0.15) is 32.4 Å². The van der Waals surface area contributed by atoms with E-state index in [0.717, 1.165) is 69.1 Å². The Morgan fingerprint density at radius 1 is 1.13 bits per heavy atom. The second kappa shape index (κ2) is 10.1. The van der Waals surface area contributed by atoms with Crippen LogP contribution in [0.5, 0.6) is 5.75 Å². The number of nitrogens with one attached hydrogen (secondary N) is 1. The third kappa shape index (κ3) is 4.80. The Kier molecular flexibility index (Phi) is 6.99. The van der Waals surface area contributed by atoms with Crippen molar-refractivity contribution in [2.75, 3.05) is 39.5 Å². The van der Waals surface area contributed by atoms with Gasteiger partial charge in [0.25, 0.3) is 5.56 Å². The van der Waals surface area contributed by atoms with Crippen molar-refractivity contribution in [3.8, 4) is 17.1 Å². The lowest BCUT2D eigenvalue weighted by Gasteiger charge is -2.26. The number of aromatic nitrogens is 4. The molecule has 0 radical (unpaired) electrons. The molecule has 0 spiro atoms. The number of rotatable bonds is 9. The maximum Gasteiger partial charge on any atom is 0.277 e. The SMILES string of the molecule is CCCOc1ccccc1-c1nc2c(CCC)nn(CCN3CCOCC3)c2c(=O)[nH]1. The van der Waals surface area contributed by atoms with Crippen LogP contribution in [0, 0.1) is 0 Å². The van der Waals surface area contributed by atoms with Gasteiger partial charge in [-0.15, -0.1) is 0 Å². The fourth-order valence-corrected chi connectivity index (χ4v) is 3.91. The van der Waals surface area contributed by atoms with Crippen LogP contribution in [0.2, 0.25) is 0 Å². The van der Waals surface area contributed by atoms with Crippen molar-refractivity contribution >= 4 is 11.0 Å². The number of para-hydroxylation sites is 1. The standard InChI is InChI=1S/C23H31N5O3/c1-3-7-18-20-21(28(26-18)11-10-27-12-15-30-16-13-27)23(29)25-22(24-20)17-8-5-6-9-19(17)31-14-4-2/h5-6,8-9H,3-4,7,10-16H2,1-2H3,(H,24,25,29). The van der Waals surface area contributed by atoms with Crippen LogP contribution >= 0.6 is 0 Å². The van der Waals surface area contributed by atoms with E-state index in [1.54, 1.807) is 0 Å². The monoisotopic (exact) mass is 425 g/mol. The first kappa shape index (κ1) is 21.5. The van der Waals surface area contributed by atoms with E-state index < -0.39 is 0 Å². The van der Waals surface area contributed by atoms with Gasteiger partial charge in [-0.2, -0.15) is 5.10 Å². The number of nitrogens with zero attached hydrogens (tertiary/aromatic N) is 4. The van der Waals surface area contributed by atoms with Gasteiger partial charge in [0.2, 0.25) is 0 Å². The summed E-state index contributed by atoms with van der Waals surface area (Å²) >= 11 is 0. The van der Waals surface area contributed by atoms with Gasteiger partial charge in [-0.25, -0.2) is 4.98 Å². The average molecular weight is 426 g/mol. The van der Waals surface area contributed by atoms with Crippen molar-refractivity contribution in [1.29, 1.82) is 0 Å². The van der Waals surface area contributed by atoms with Gasteiger partial charge in [0, 0.05) is 19.6 Å². The van der Waals surface area contributed by atoms with Gasteiger partial charge in [-0.05, 0) is 25.0 Å². The van der Waals surface area contributed by atoms with Crippen molar-refractivity contribution in [2.24, 2.45) is 0 Å². The molecule has 0 aliphatic carbocycles. The molecule has 0 atom stereocenters. The minimum absolute atomic E-state index is 0.165. The molecule has 1 saturated heterocycles. The predicted molar refractivity (Wildman–Crippen MR) is 121 cm³/mol. The van der Waals surface area contributed by atoms with Crippen LogP contribution in [0.4, 0.5) is 0 Å². The molecular weight excluding hydrogens is 394 g/mol. The number of benzene rings is 1. The van der Waals surface area contributed by atoms with Crippen molar-refractivity contribution in [3.63, 3.8) is 0 Å². The number of aryl methyl sites for hydroxylation is 1. The van der Waals surface area contributed by atoms with Crippen LogP contribution in [0.25, 0.3) is 22.4 Å². The van der Waals surface area contributed by atoms with Crippen LogP contribution in [-0.2, 0) is 17.7 Å². The zero-order chi connectivity index (χ0) is 21.6. The first-order valence-electron chi connectivity index (χ1n) is 11.2. The molecule has 2 aromatic heterocycles. The lowest BCUT2D eigenvalue weighted by molar-refractivity contribution is 0.0361. The van der Waals surface area contributed by atoms with E-state index in [2.05, 4.69) is 23.7 Å². The molecule has 1 aliphatic heterocycles. The molecular formula is C23H31N5O3. The van der Waals surface area contributed by atoms with E-state index in [4.69, 9.17) is 19.6 Å². The number of ether oxygens (including phenoxy) is 2. The topological polar surface area (TPSA) is 85.3 Å². The van der Waals surface area contributed by atoms with Gasteiger partial charge in [0.05, 0.1) is 37.6 Å². The Morgan fingerprint density at radius 3 is 2.71 bits per heavy atom. The minimum Gasteiger partial charge on any atom is -0.493 e. The van der Waals surface area contributed by atoms with Crippen LogP contribution < -0.4 is 10.3 Å². The highest BCUT2D eigenvalue weighted by atomic mass is 16.5. The Labute approximate surface area is 182 Å². The molecule has 8 nitrogen and oxygen atoms in total. The van der Waals surface area contributed by atoms with E-state index in [0.29, 0.717) is 30.0 Å². The molecule has 1 aliphatic rings. The molecule has 3 aromatic rings. The summed E-state index contributed by atoms with van der Waals surface area (Å²) in [5.41, 5.74) is 2.74. The molecule has 0 saturated carbocycles. The maximum atomic E-state index is 13.2. The summed E-state index contributed by atoms with van der Waals surface area (Å²) in [6.45, 7) is 9.61. The molecule has 1 fully saturated rings. The van der Waals surface area contributed by atoms with E-state index in [9.17, 15) is 4.79 Å². The molecule has 8 heteroatoms. The van der Waals surface area contributed by atoms with E-state index in [-0.39, 0.29) is 5.56 Å². The molecule has 0 unspecified atom stereocenters. The zero-order valence-corrected chi connectivity index (χ0v) is 18.4. The lowest BCUT2D eigenvalue weighted by Crippen LogP contribution is -2.38. The van der Waals surface area contributed by atoms with Crippen molar-refractivity contribution < 1.29 is 9.47 Å². The molecule has 1 aromatic carbocycles. The number of hydrogen-bond donors (Lipinski definition) is 1. The van der Waals surface area contributed by atoms with Crippen molar-refractivity contribution in [1.82, 2.24) is 24.6 Å². The molecule has 0 bridgehead atoms. The van der Waals surface area contributed by atoms with E-state index in [1.807, 2.05) is 28.9 Å². The highest BCUT2D eigenvalue weighted by molar-refractivity contribution is 5.79. The molecule has 166 valence electrons. The number of aromatic amines is 1. The quantitative estimate of drug-likeness (QED) is 0.567. The van der Waals surface area contributed by atoms with Crippen LogP contribution in [0.15, 0.2) is 29.1 Å². The number of H-pyrrole nitrogens is 1. The van der Waals surface area contributed by atoms with Gasteiger partial charge in [-0.1, -0.05) is 32.4 Å². The molecule has 4 rings (SSSR count). The largest absolute Gasteiger partial charge is 0.493 e. The first-order valence-corrected chi connectivity index (χ1v) is 11.2. The Morgan fingerprint density at radius 2 is 1.94 bits per heavy atom. The summed E-state index contributed by atoms with van der Waals surface area (Å²) in [4.78, 5) is 23.3. The second-order valence-electron chi connectivity index (χ2n) is 7.83. The van der Waals surface area contributed by atoms with E-state index >= 15 is 0 Å². The summed E-state index contributed by atoms with van der Waals surface area (Å²) in [6, 6.07) is 7.69. The van der Waals surface area contributed by atoms with Gasteiger partial charge in [0.15, 0.2) is 5.52 Å². The third-order valence-corrected chi connectivity index (χ3v) is 5.49. The molecule has 1 N–H and O–H groups in total. The maximum absolute atomic E-state index is 13.2. The van der Waals surface area contributed by atoms with Gasteiger partial charge >= 0.3 is 0 Å². The van der Waals surface area contributed by atoms with Gasteiger partial charge < -0.3 is 14.5 Å². The van der Waals surface area contributed by atoms with Crippen LogP contribution in [-0.4, -0.2) is 64.1 Å². The van der Waals surface area contributed by atoms with Crippen LogP contribution in [0.3, 0.4) is 0 Å². The van der Waals surface area contributed by atoms with E-state index in [1.165, 1.54) is 0 Å². The van der Waals surface area contributed by atoms with Crippen molar-refractivity contribution in [2.45, 2.75) is 39.7 Å². The average Bonchev–Trinajstić information content (AvgIpc) is 3.15. The Hall–Kier alpha value is -2.71. The Balaban J connectivity index is 1.71. The molecule has 31 heavy (non-hydrogen) atoms. The molecule has 0 amide bonds. The molecule has 3 heterocycles. The van der Waals surface area contributed by atoms with Gasteiger partial charge in [0.1, 0.15) is 17.1 Å². The highest BCUT2D eigenvalue weighted by Crippen LogP contribution is 2.28. The summed E-state index contributed by atoms with van der Waals surface area (Å²) < 4.78 is 13.1. The third-order valence-electron chi connectivity index (χ3n) is 5.49. The summed E-state index contributed by atoms with van der Waals surface area (Å²) in [7, 11) is 0. The fourth-order valence-electron chi connectivity index (χ4n) is 3.91. The van der Waals surface area contributed by atoms with Gasteiger partial charge in [-0.3, -0.25) is 14.4 Å². The highest BCUT2D eigenvalue weighted by Gasteiger charge is 2.19. The summed E-state index contributed by atoms with van der Waals surface area (Å²) in [5.74, 6) is 1.25. The number of fused-ring (bicyclic) bond motifs is 1. The zero-order valence-electron chi connectivity index (χ0n) is 18.4. The lowest BCUT2D eigenvalue weighted by atomic mass is 10.1. The number of morpholine rings is 1. The first-order chi connectivity index (χ1) is 15.2. The minimum atomic E-state index is -0.165. The fraction of sp³-hybridized carbons (Fsp3) is 0.522. The van der Waals surface area contributed by atoms with Crippen molar-refractivity contribution in [3.05, 3.63) is 40.3 Å².